The van der Waals surface area contributed by atoms with Crippen molar-refractivity contribution in [1.29, 1.82) is 0 Å². The van der Waals surface area contributed by atoms with Crippen LogP contribution >= 0.6 is 0 Å². The Bertz CT molecular complexity index is 780. The van der Waals surface area contributed by atoms with Gasteiger partial charge in [-0.15, -0.1) is 0 Å². The van der Waals surface area contributed by atoms with Crippen molar-refractivity contribution in [2.45, 2.75) is 6.92 Å². The number of aromatic nitrogens is 1. The van der Waals surface area contributed by atoms with Gasteiger partial charge in [0.05, 0.1) is 5.69 Å². The molecule has 3 aromatic rings. The van der Waals surface area contributed by atoms with Crippen LogP contribution in [-0.4, -0.2) is 10.9 Å². The quantitative estimate of drug-likeness (QED) is 0.780. The van der Waals surface area contributed by atoms with E-state index in [1.54, 1.807) is 18.2 Å². The molecular formula is C19H16N2O. The lowest BCUT2D eigenvalue weighted by atomic mass is 10.1. The second-order valence-electron chi connectivity index (χ2n) is 5.09. The van der Waals surface area contributed by atoms with Gasteiger partial charge in [0.25, 0.3) is 5.91 Å². The summed E-state index contributed by atoms with van der Waals surface area (Å²) < 4.78 is 0. The van der Waals surface area contributed by atoms with Crippen molar-refractivity contribution in [2.24, 2.45) is 0 Å². The van der Waals surface area contributed by atoms with E-state index in [4.69, 9.17) is 0 Å². The fourth-order valence-corrected chi connectivity index (χ4v) is 2.17. The Labute approximate surface area is 129 Å². The van der Waals surface area contributed by atoms with Gasteiger partial charge in [-0.2, -0.15) is 0 Å². The molecule has 0 saturated carbocycles. The van der Waals surface area contributed by atoms with Crippen molar-refractivity contribution in [3.8, 4) is 11.3 Å². The number of hydrogen-bond donors (Lipinski definition) is 1. The number of benzene rings is 2. The Morgan fingerprint density at radius 1 is 0.864 bits per heavy atom. The zero-order valence-electron chi connectivity index (χ0n) is 12.3. The Kier molecular flexibility index (Phi) is 3.97. The van der Waals surface area contributed by atoms with Crippen LogP contribution in [-0.2, 0) is 0 Å². The van der Waals surface area contributed by atoms with Gasteiger partial charge in [-0.05, 0) is 31.2 Å². The molecule has 0 radical (unpaired) electrons. The summed E-state index contributed by atoms with van der Waals surface area (Å²) in [4.78, 5) is 16.7. The summed E-state index contributed by atoms with van der Waals surface area (Å²) in [5, 5.41) is 2.83. The molecule has 3 nitrogen and oxygen atoms in total. The maximum atomic E-state index is 12.2. The average Bonchev–Trinajstić information content (AvgIpc) is 2.56. The van der Waals surface area contributed by atoms with Crippen LogP contribution in [0.15, 0.2) is 72.8 Å². The highest BCUT2D eigenvalue weighted by molar-refractivity contribution is 6.03. The van der Waals surface area contributed by atoms with Crippen molar-refractivity contribution in [3.05, 3.63) is 83.9 Å². The van der Waals surface area contributed by atoms with E-state index < -0.39 is 0 Å². The lowest BCUT2D eigenvalue weighted by molar-refractivity contribution is 0.102. The first-order chi connectivity index (χ1) is 10.7. The van der Waals surface area contributed by atoms with Crippen molar-refractivity contribution >= 4 is 11.7 Å². The molecule has 3 heteroatoms. The Balaban J connectivity index is 1.82. The van der Waals surface area contributed by atoms with Crippen LogP contribution in [0.2, 0.25) is 0 Å². The summed E-state index contributed by atoms with van der Waals surface area (Å²) in [5.41, 5.74) is 3.69. The summed E-state index contributed by atoms with van der Waals surface area (Å²) in [5.74, 6) is 0.390. The highest BCUT2D eigenvalue weighted by Crippen LogP contribution is 2.19. The largest absolute Gasteiger partial charge is 0.307 e. The fourth-order valence-electron chi connectivity index (χ4n) is 2.17. The van der Waals surface area contributed by atoms with Crippen LogP contribution in [0.3, 0.4) is 0 Å². The van der Waals surface area contributed by atoms with Gasteiger partial charge < -0.3 is 5.32 Å². The molecular weight excluding hydrogens is 272 g/mol. The minimum absolute atomic E-state index is 0.158. The number of rotatable bonds is 3. The number of pyridine rings is 1. The lowest BCUT2D eigenvalue weighted by Gasteiger charge is -2.07. The first-order valence-corrected chi connectivity index (χ1v) is 7.13. The number of carbonyl (C=O) groups is 1. The van der Waals surface area contributed by atoms with Crippen LogP contribution in [0.1, 0.15) is 15.9 Å². The third kappa shape index (κ3) is 3.20. The molecule has 1 N–H and O–H groups in total. The van der Waals surface area contributed by atoms with Crippen LogP contribution in [0.25, 0.3) is 11.3 Å². The van der Waals surface area contributed by atoms with Gasteiger partial charge in [0, 0.05) is 11.1 Å². The van der Waals surface area contributed by atoms with E-state index in [-0.39, 0.29) is 5.91 Å². The first kappa shape index (κ1) is 14.0. The van der Waals surface area contributed by atoms with Gasteiger partial charge in [-0.1, -0.05) is 54.1 Å². The maximum absolute atomic E-state index is 12.2. The van der Waals surface area contributed by atoms with E-state index in [0.717, 1.165) is 11.3 Å². The van der Waals surface area contributed by atoms with E-state index in [0.29, 0.717) is 11.4 Å². The minimum Gasteiger partial charge on any atom is -0.307 e. The highest BCUT2D eigenvalue weighted by Gasteiger charge is 2.07. The minimum atomic E-state index is -0.158. The first-order valence-electron chi connectivity index (χ1n) is 7.13. The van der Waals surface area contributed by atoms with E-state index >= 15 is 0 Å². The Morgan fingerprint density at radius 3 is 2.32 bits per heavy atom. The molecule has 22 heavy (non-hydrogen) atoms. The number of aryl methyl sites for hydroxylation is 1. The zero-order valence-corrected chi connectivity index (χ0v) is 12.3. The molecule has 1 heterocycles. The molecule has 0 atom stereocenters. The van der Waals surface area contributed by atoms with Gasteiger partial charge in [0.1, 0.15) is 5.82 Å². The van der Waals surface area contributed by atoms with Crippen molar-refractivity contribution in [3.63, 3.8) is 0 Å². The smallest absolute Gasteiger partial charge is 0.256 e. The summed E-state index contributed by atoms with van der Waals surface area (Å²) in [7, 11) is 0. The normalized spacial score (nSPS) is 10.2. The molecule has 0 aliphatic rings. The molecule has 0 saturated heterocycles. The average molecular weight is 288 g/mol. The monoisotopic (exact) mass is 288 g/mol. The molecule has 0 bridgehead atoms. The summed E-state index contributed by atoms with van der Waals surface area (Å²) in [6, 6.07) is 22.9. The molecule has 1 aromatic heterocycles. The number of nitrogens with zero attached hydrogens (tertiary/aromatic N) is 1. The fraction of sp³-hybridized carbons (Fsp3) is 0.0526. The van der Waals surface area contributed by atoms with Crippen molar-refractivity contribution in [1.82, 2.24) is 4.98 Å². The van der Waals surface area contributed by atoms with Crippen LogP contribution in [0.5, 0.6) is 0 Å². The van der Waals surface area contributed by atoms with Gasteiger partial charge in [-0.25, -0.2) is 4.98 Å². The van der Waals surface area contributed by atoms with Crippen LogP contribution in [0.4, 0.5) is 5.82 Å². The highest BCUT2D eigenvalue weighted by atomic mass is 16.1. The second-order valence-corrected chi connectivity index (χ2v) is 5.09. The van der Waals surface area contributed by atoms with E-state index in [9.17, 15) is 4.79 Å². The maximum Gasteiger partial charge on any atom is 0.256 e. The second kappa shape index (κ2) is 6.22. The predicted molar refractivity (Wildman–Crippen MR) is 88.8 cm³/mol. The third-order valence-corrected chi connectivity index (χ3v) is 3.37. The molecule has 0 spiro atoms. The van der Waals surface area contributed by atoms with Gasteiger partial charge in [0.15, 0.2) is 0 Å². The molecule has 3 rings (SSSR count). The molecule has 108 valence electrons. The Hall–Kier alpha value is -2.94. The van der Waals surface area contributed by atoms with Crippen molar-refractivity contribution < 1.29 is 4.79 Å². The number of carbonyl (C=O) groups excluding carboxylic acids is 1. The van der Waals surface area contributed by atoms with Crippen LogP contribution in [0, 0.1) is 6.92 Å². The summed E-state index contributed by atoms with van der Waals surface area (Å²) in [6.07, 6.45) is 0. The van der Waals surface area contributed by atoms with E-state index in [1.165, 1.54) is 5.56 Å². The zero-order chi connectivity index (χ0) is 15.4. The van der Waals surface area contributed by atoms with Gasteiger partial charge in [0.2, 0.25) is 0 Å². The van der Waals surface area contributed by atoms with Crippen LogP contribution < -0.4 is 5.32 Å². The number of nitrogens with one attached hydrogen (secondary N) is 1. The molecule has 1 amide bonds. The summed E-state index contributed by atoms with van der Waals surface area (Å²) >= 11 is 0. The van der Waals surface area contributed by atoms with Gasteiger partial charge in [-0.3, -0.25) is 4.79 Å². The number of amides is 1. The third-order valence-electron chi connectivity index (χ3n) is 3.37. The SMILES string of the molecule is Cc1ccc(-c2cccc(NC(=O)c3ccccc3)n2)cc1. The number of anilines is 1. The predicted octanol–water partition coefficient (Wildman–Crippen LogP) is 4.31. The van der Waals surface area contributed by atoms with E-state index in [1.807, 2.05) is 61.5 Å². The van der Waals surface area contributed by atoms with Crippen molar-refractivity contribution in [2.75, 3.05) is 5.32 Å². The molecule has 0 unspecified atom stereocenters. The molecule has 0 fully saturated rings. The lowest BCUT2D eigenvalue weighted by Crippen LogP contribution is -2.12. The van der Waals surface area contributed by atoms with E-state index in [2.05, 4.69) is 10.3 Å². The number of hydrogen-bond acceptors (Lipinski definition) is 2. The molecule has 2 aromatic carbocycles. The topological polar surface area (TPSA) is 42.0 Å². The standard InChI is InChI=1S/C19H16N2O/c1-14-10-12-15(13-11-14)17-8-5-9-18(20-17)21-19(22)16-6-3-2-4-7-16/h2-13H,1H3,(H,20,21,22). The molecule has 0 aliphatic carbocycles. The summed E-state index contributed by atoms with van der Waals surface area (Å²) in [6.45, 7) is 2.05. The molecule has 0 aliphatic heterocycles. The van der Waals surface area contributed by atoms with Gasteiger partial charge >= 0.3 is 0 Å². The Morgan fingerprint density at radius 2 is 1.59 bits per heavy atom.